The lowest BCUT2D eigenvalue weighted by molar-refractivity contribution is -0.119. The maximum absolute atomic E-state index is 12.2. The van der Waals surface area contributed by atoms with Crippen LogP contribution in [0.5, 0.6) is 11.5 Å². The molecule has 0 bridgehead atoms. The average molecular weight is 299 g/mol. The van der Waals surface area contributed by atoms with Crippen molar-refractivity contribution in [2.45, 2.75) is 6.92 Å². The number of fused-ring (bicyclic) bond motifs is 1. The topological polar surface area (TPSA) is 91.8 Å². The first kappa shape index (κ1) is 13.9. The third-order valence-electron chi connectivity index (χ3n) is 3.06. The van der Waals surface area contributed by atoms with Crippen LogP contribution in [0.4, 0.5) is 0 Å². The van der Waals surface area contributed by atoms with Crippen molar-refractivity contribution in [1.29, 1.82) is 0 Å². The molecule has 1 aromatic carbocycles. The number of ketones is 1. The minimum absolute atomic E-state index is 0.177. The molecule has 0 spiro atoms. The molecule has 1 aromatic heterocycles. The van der Waals surface area contributed by atoms with Gasteiger partial charge in [-0.25, -0.2) is 0 Å². The molecule has 0 aliphatic carbocycles. The molecular weight excluding hydrogens is 286 g/mol. The van der Waals surface area contributed by atoms with Crippen molar-refractivity contribution in [3.05, 3.63) is 53.2 Å². The summed E-state index contributed by atoms with van der Waals surface area (Å²) < 4.78 is 16.1. The Bertz CT molecular complexity index is 788. The number of ether oxygens (including phenoxy) is 2. The van der Waals surface area contributed by atoms with E-state index >= 15 is 0 Å². The van der Waals surface area contributed by atoms with E-state index in [1.165, 1.54) is 0 Å². The van der Waals surface area contributed by atoms with E-state index in [-0.39, 0.29) is 18.1 Å². The first-order valence-corrected chi connectivity index (χ1v) is 6.59. The molecule has 0 saturated carbocycles. The van der Waals surface area contributed by atoms with Crippen LogP contribution in [-0.2, 0) is 4.79 Å². The van der Waals surface area contributed by atoms with Gasteiger partial charge in [0, 0.05) is 12.1 Å². The molecule has 3 rings (SSSR count). The normalized spacial score (nSPS) is 14.8. The van der Waals surface area contributed by atoms with Crippen LogP contribution < -0.4 is 15.2 Å². The zero-order valence-corrected chi connectivity index (χ0v) is 11.8. The van der Waals surface area contributed by atoms with Crippen LogP contribution in [0.25, 0.3) is 6.08 Å². The Kier molecular flexibility index (Phi) is 3.42. The van der Waals surface area contributed by atoms with E-state index < -0.39 is 5.91 Å². The fourth-order valence-electron chi connectivity index (χ4n) is 2.07. The largest absolute Gasteiger partial charge is 0.484 e. The zero-order valence-electron chi connectivity index (χ0n) is 11.8. The number of hydrogen-bond donors (Lipinski definition) is 1. The van der Waals surface area contributed by atoms with Crippen LogP contribution in [0, 0.1) is 6.92 Å². The molecule has 0 unspecified atom stereocenters. The number of Topliss-reactive ketones (excluding diaryl/α,β-unsaturated/α-hetero) is 1. The molecule has 2 N–H and O–H groups in total. The molecule has 0 saturated heterocycles. The second-order valence-electron chi connectivity index (χ2n) is 4.80. The molecular formula is C16H13NO5. The second kappa shape index (κ2) is 5.40. The summed E-state index contributed by atoms with van der Waals surface area (Å²) in [5.74, 6) is 1.44. The Morgan fingerprint density at radius 2 is 2.14 bits per heavy atom. The number of rotatable bonds is 4. The summed E-state index contributed by atoms with van der Waals surface area (Å²) in [5, 5.41) is 0. The Hall–Kier alpha value is -3.02. The number of benzene rings is 1. The number of allylic oxidation sites excluding steroid dienone is 1. The van der Waals surface area contributed by atoms with Crippen molar-refractivity contribution in [2.75, 3.05) is 6.61 Å². The van der Waals surface area contributed by atoms with Gasteiger partial charge in [0.05, 0.1) is 5.56 Å². The molecule has 2 heterocycles. The minimum atomic E-state index is -0.578. The van der Waals surface area contributed by atoms with Crippen LogP contribution in [0.15, 0.2) is 40.5 Å². The summed E-state index contributed by atoms with van der Waals surface area (Å²) in [5.41, 5.74) is 5.45. The number of primary amides is 1. The number of amides is 1. The van der Waals surface area contributed by atoms with Crippen molar-refractivity contribution < 1.29 is 23.5 Å². The van der Waals surface area contributed by atoms with Crippen LogP contribution in [0.3, 0.4) is 0 Å². The predicted octanol–water partition coefficient (Wildman–Crippen LogP) is 2.07. The number of furan rings is 1. The van der Waals surface area contributed by atoms with Gasteiger partial charge in [0.15, 0.2) is 12.4 Å². The molecule has 1 aliphatic heterocycles. The maximum Gasteiger partial charge on any atom is 0.255 e. The Labute approximate surface area is 126 Å². The molecule has 6 nitrogen and oxygen atoms in total. The van der Waals surface area contributed by atoms with Crippen molar-refractivity contribution >= 4 is 17.8 Å². The molecule has 6 heteroatoms. The van der Waals surface area contributed by atoms with Gasteiger partial charge < -0.3 is 19.6 Å². The molecule has 1 aliphatic rings. The molecule has 0 fully saturated rings. The van der Waals surface area contributed by atoms with E-state index in [0.29, 0.717) is 22.8 Å². The lowest BCUT2D eigenvalue weighted by Crippen LogP contribution is -2.19. The van der Waals surface area contributed by atoms with Crippen LogP contribution >= 0.6 is 0 Å². The Morgan fingerprint density at radius 3 is 2.82 bits per heavy atom. The van der Waals surface area contributed by atoms with Gasteiger partial charge in [0.2, 0.25) is 5.78 Å². The van der Waals surface area contributed by atoms with E-state index in [9.17, 15) is 9.59 Å². The van der Waals surface area contributed by atoms with E-state index in [0.717, 1.165) is 5.76 Å². The number of carbonyl (C=O) groups excluding carboxylic acids is 2. The highest BCUT2D eigenvalue weighted by Gasteiger charge is 2.28. The minimum Gasteiger partial charge on any atom is -0.484 e. The first-order chi connectivity index (χ1) is 10.5. The highest BCUT2D eigenvalue weighted by atomic mass is 16.5. The molecule has 112 valence electrons. The van der Waals surface area contributed by atoms with Gasteiger partial charge in [-0.2, -0.15) is 0 Å². The third-order valence-corrected chi connectivity index (χ3v) is 3.06. The summed E-state index contributed by atoms with van der Waals surface area (Å²) in [6, 6.07) is 8.27. The summed E-state index contributed by atoms with van der Waals surface area (Å²) >= 11 is 0. The average Bonchev–Trinajstić information content (AvgIpc) is 3.01. The van der Waals surface area contributed by atoms with Gasteiger partial charge in [-0.3, -0.25) is 9.59 Å². The van der Waals surface area contributed by atoms with Gasteiger partial charge in [-0.05, 0) is 31.2 Å². The lowest BCUT2D eigenvalue weighted by Gasteiger charge is -2.04. The monoisotopic (exact) mass is 299 g/mol. The standard InChI is InChI=1S/C16H13NO5/c1-9-2-3-11(21-9)7-14-16(19)12-5-4-10(6-13(12)22-14)20-8-15(17)18/h2-7H,8H2,1H3,(H2,17,18)/b14-7-. The smallest absolute Gasteiger partial charge is 0.255 e. The summed E-state index contributed by atoms with van der Waals surface area (Å²) in [4.78, 5) is 22.9. The lowest BCUT2D eigenvalue weighted by atomic mass is 10.1. The molecule has 2 aromatic rings. The van der Waals surface area contributed by atoms with Crippen molar-refractivity contribution in [3.8, 4) is 11.5 Å². The van der Waals surface area contributed by atoms with Gasteiger partial charge in [-0.15, -0.1) is 0 Å². The molecule has 0 radical (unpaired) electrons. The van der Waals surface area contributed by atoms with E-state index in [2.05, 4.69) is 0 Å². The van der Waals surface area contributed by atoms with Crippen molar-refractivity contribution in [1.82, 2.24) is 0 Å². The van der Waals surface area contributed by atoms with E-state index in [4.69, 9.17) is 19.6 Å². The fraction of sp³-hybridized carbons (Fsp3) is 0.125. The van der Waals surface area contributed by atoms with Gasteiger partial charge >= 0.3 is 0 Å². The Balaban J connectivity index is 1.84. The predicted molar refractivity (Wildman–Crippen MR) is 77.5 cm³/mol. The second-order valence-corrected chi connectivity index (χ2v) is 4.80. The van der Waals surface area contributed by atoms with Crippen molar-refractivity contribution in [3.63, 3.8) is 0 Å². The number of nitrogens with two attached hydrogens (primary N) is 1. The third kappa shape index (κ3) is 2.71. The maximum atomic E-state index is 12.2. The highest BCUT2D eigenvalue weighted by molar-refractivity contribution is 6.14. The highest BCUT2D eigenvalue weighted by Crippen LogP contribution is 2.34. The van der Waals surface area contributed by atoms with Gasteiger partial charge in [-0.1, -0.05) is 0 Å². The van der Waals surface area contributed by atoms with Crippen LogP contribution in [0.1, 0.15) is 21.9 Å². The SMILES string of the molecule is Cc1ccc(/C=C2\Oc3cc(OCC(N)=O)ccc3C2=O)o1. The van der Waals surface area contributed by atoms with Gasteiger partial charge in [0.25, 0.3) is 5.91 Å². The van der Waals surface area contributed by atoms with Crippen LogP contribution in [0.2, 0.25) is 0 Å². The Morgan fingerprint density at radius 1 is 1.32 bits per heavy atom. The summed E-state index contributed by atoms with van der Waals surface area (Å²) in [6.45, 7) is 1.58. The first-order valence-electron chi connectivity index (χ1n) is 6.59. The number of aryl methyl sites for hydroxylation is 1. The number of hydrogen-bond acceptors (Lipinski definition) is 5. The van der Waals surface area contributed by atoms with Gasteiger partial charge in [0.1, 0.15) is 23.0 Å². The molecule has 22 heavy (non-hydrogen) atoms. The van der Waals surface area contributed by atoms with E-state index in [1.54, 1.807) is 36.4 Å². The zero-order chi connectivity index (χ0) is 15.7. The molecule has 1 amide bonds. The molecule has 0 atom stereocenters. The van der Waals surface area contributed by atoms with Crippen LogP contribution in [-0.4, -0.2) is 18.3 Å². The van der Waals surface area contributed by atoms with E-state index in [1.807, 2.05) is 6.92 Å². The number of carbonyl (C=O) groups is 2. The summed E-state index contributed by atoms with van der Waals surface area (Å²) in [7, 11) is 0. The fourth-order valence-corrected chi connectivity index (χ4v) is 2.07. The summed E-state index contributed by atoms with van der Waals surface area (Å²) in [6.07, 6.45) is 1.54. The van der Waals surface area contributed by atoms with Crippen molar-refractivity contribution in [2.24, 2.45) is 5.73 Å². The quantitative estimate of drug-likeness (QED) is 0.872.